The van der Waals surface area contributed by atoms with Gasteiger partial charge in [-0.15, -0.1) is 5.10 Å². The van der Waals surface area contributed by atoms with Crippen LogP contribution in [0.15, 0.2) is 61.4 Å². The van der Waals surface area contributed by atoms with Crippen LogP contribution in [0.5, 0.6) is 11.5 Å². The number of aliphatic hydroxyl groups is 2. The molecule has 0 bridgehead atoms. The van der Waals surface area contributed by atoms with Crippen molar-refractivity contribution in [3.8, 4) is 11.5 Å². The number of hydrogen-bond acceptors (Lipinski definition) is 14. The van der Waals surface area contributed by atoms with Crippen molar-refractivity contribution >= 4 is 25.1 Å². The SMILES string of the molecule is C=C(N)c1ncn([C@@H]2O[C@H](COP(=O)(N[C@@H](Cc3ccc(O)cc3)C(=O)OC)Oc3ccc([N+](=O)[O-])cc3)[C@@H](O)[C@H]2O)n1. The van der Waals surface area contributed by atoms with Crippen LogP contribution < -0.4 is 15.3 Å². The van der Waals surface area contributed by atoms with Gasteiger partial charge in [-0.2, -0.15) is 5.09 Å². The average Bonchev–Trinajstić information content (AvgIpc) is 3.58. The first kappa shape index (κ1) is 31.6. The number of non-ortho nitro benzene ring substituents is 1. The summed E-state index contributed by atoms with van der Waals surface area (Å²) in [5, 5.41) is 48.4. The molecule has 1 unspecified atom stereocenters. The smallest absolute Gasteiger partial charge is 0.459 e. The first-order valence-electron chi connectivity index (χ1n) is 12.6. The second-order valence-electron chi connectivity index (χ2n) is 9.33. The maximum absolute atomic E-state index is 14.1. The second-order valence-corrected chi connectivity index (χ2v) is 11.0. The van der Waals surface area contributed by atoms with Crippen molar-refractivity contribution in [2.24, 2.45) is 5.73 Å². The van der Waals surface area contributed by atoms with Crippen LogP contribution in [0.3, 0.4) is 0 Å². The highest BCUT2D eigenvalue weighted by Gasteiger charge is 2.46. The Bertz CT molecular complexity index is 1500. The van der Waals surface area contributed by atoms with Gasteiger partial charge in [0.25, 0.3) is 5.69 Å². The lowest BCUT2D eigenvalue weighted by molar-refractivity contribution is -0.384. The number of phenolic OH excluding ortho intramolecular Hbond substituents is 1. The molecule has 18 heteroatoms. The fraction of sp³-hybridized carbons (Fsp3) is 0.320. The number of rotatable bonds is 13. The van der Waals surface area contributed by atoms with E-state index in [4.69, 9.17) is 24.3 Å². The van der Waals surface area contributed by atoms with E-state index in [2.05, 4.69) is 21.7 Å². The van der Waals surface area contributed by atoms with Gasteiger partial charge >= 0.3 is 13.7 Å². The summed E-state index contributed by atoms with van der Waals surface area (Å²) in [6.45, 7) is 2.91. The summed E-state index contributed by atoms with van der Waals surface area (Å²) >= 11 is 0. The Hall–Kier alpha value is -4.38. The van der Waals surface area contributed by atoms with Crippen LogP contribution in [-0.2, 0) is 29.8 Å². The third-order valence-corrected chi connectivity index (χ3v) is 7.82. The van der Waals surface area contributed by atoms with Crippen molar-refractivity contribution in [3.05, 3.63) is 82.9 Å². The van der Waals surface area contributed by atoms with E-state index in [0.29, 0.717) is 5.56 Å². The minimum absolute atomic E-state index is 0.00692. The number of aromatic nitrogens is 3. The lowest BCUT2D eigenvalue weighted by atomic mass is 10.1. The lowest BCUT2D eigenvalue weighted by Gasteiger charge is -2.25. The first-order valence-corrected chi connectivity index (χ1v) is 14.1. The van der Waals surface area contributed by atoms with Crippen molar-refractivity contribution < 1.29 is 48.1 Å². The molecule has 6 atom stereocenters. The quantitative estimate of drug-likeness (QED) is 0.0775. The maximum atomic E-state index is 14.1. The van der Waals surface area contributed by atoms with Gasteiger partial charge in [-0.1, -0.05) is 18.7 Å². The highest BCUT2D eigenvalue weighted by molar-refractivity contribution is 7.52. The van der Waals surface area contributed by atoms with E-state index >= 15 is 0 Å². The van der Waals surface area contributed by atoms with E-state index < -0.39 is 55.8 Å². The van der Waals surface area contributed by atoms with E-state index in [1.165, 1.54) is 42.7 Å². The molecule has 230 valence electrons. The number of aliphatic hydroxyl groups excluding tert-OH is 2. The van der Waals surface area contributed by atoms with E-state index in [-0.39, 0.29) is 35.1 Å². The zero-order valence-electron chi connectivity index (χ0n) is 22.6. The molecule has 1 fully saturated rings. The lowest BCUT2D eigenvalue weighted by Crippen LogP contribution is -2.40. The van der Waals surface area contributed by atoms with E-state index in [9.17, 15) is 34.8 Å². The predicted octanol–water partition coefficient (Wildman–Crippen LogP) is 1.02. The molecule has 0 aliphatic carbocycles. The van der Waals surface area contributed by atoms with Crippen molar-refractivity contribution in [1.29, 1.82) is 0 Å². The van der Waals surface area contributed by atoms with Gasteiger partial charge in [0.05, 0.1) is 24.3 Å². The van der Waals surface area contributed by atoms with Gasteiger partial charge < -0.3 is 35.1 Å². The number of nitrogens with two attached hydrogens (primary N) is 1. The molecule has 4 rings (SSSR count). The number of esters is 1. The molecular weight excluding hydrogens is 591 g/mol. The number of benzene rings is 2. The second kappa shape index (κ2) is 13.3. The van der Waals surface area contributed by atoms with Gasteiger partial charge in [0.15, 0.2) is 12.1 Å². The Labute approximate surface area is 244 Å². The number of nitro groups is 1. The molecule has 1 aliphatic rings. The highest BCUT2D eigenvalue weighted by atomic mass is 31.2. The number of ether oxygens (including phenoxy) is 2. The van der Waals surface area contributed by atoms with Crippen molar-refractivity contribution in [2.45, 2.75) is 37.0 Å². The van der Waals surface area contributed by atoms with Crippen LogP contribution in [0, 0.1) is 10.1 Å². The molecule has 3 aromatic rings. The number of carbonyl (C=O) groups is 1. The predicted molar refractivity (Wildman–Crippen MR) is 147 cm³/mol. The Balaban J connectivity index is 1.56. The summed E-state index contributed by atoms with van der Waals surface area (Å²) in [6, 6.07) is 9.15. The monoisotopic (exact) mass is 620 g/mol. The molecule has 1 aliphatic heterocycles. The molecule has 2 aromatic carbocycles. The van der Waals surface area contributed by atoms with Crippen LogP contribution in [0.1, 0.15) is 17.6 Å². The molecule has 1 aromatic heterocycles. The van der Waals surface area contributed by atoms with E-state index in [1.807, 2.05) is 0 Å². The van der Waals surface area contributed by atoms with Crippen LogP contribution in [0.25, 0.3) is 5.70 Å². The molecule has 0 saturated carbocycles. The summed E-state index contributed by atoms with van der Waals surface area (Å²) in [4.78, 5) is 27.0. The molecular formula is C25H29N6O11P. The number of carbonyl (C=O) groups excluding carboxylic acids is 1. The normalized spacial score (nSPS) is 21.9. The molecule has 0 amide bonds. The molecule has 2 heterocycles. The summed E-state index contributed by atoms with van der Waals surface area (Å²) in [6.07, 6.45) is -4.39. The standard InChI is InChI=1S/C25H29N6O11P/c1-14(26)23-27-13-30(28-23)24-22(34)21(33)20(41-24)12-40-43(38,42-18-9-5-16(6-10-18)31(36)37)29-19(25(35)39-2)11-15-3-7-17(32)8-4-15/h3-10,13,19-22,24,32-34H,1,11-12,26H2,2H3,(H,29,38)/t19-,20+,21+,22+,24+,43?/m0/s1. The van der Waals surface area contributed by atoms with Crippen molar-refractivity contribution in [1.82, 2.24) is 19.9 Å². The Morgan fingerprint density at radius 2 is 1.91 bits per heavy atom. The number of nitrogens with zero attached hydrogens (tertiary/aromatic N) is 4. The van der Waals surface area contributed by atoms with Gasteiger partial charge in [-0.3, -0.25) is 19.4 Å². The van der Waals surface area contributed by atoms with E-state index in [0.717, 1.165) is 23.9 Å². The minimum Gasteiger partial charge on any atom is -0.508 e. The molecule has 0 radical (unpaired) electrons. The molecule has 17 nitrogen and oxygen atoms in total. The van der Waals surface area contributed by atoms with Crippen LogP contribution in [0.4, 0.5) is 5.69 Å². The number of nitrogens with one attached hydrogen (secondary N) is 1. The van der Waals surface area contributed by atoms with Gasteiger partial charge in [0, 0.05) is 12.1 Å². The first-order chi connectivity index (χ1) is 20.4. The average molecular weight is 621 g/mol. The van der Waals surface area contributed by atoms with Crippen LogP contribution in [-0.4, -0.2) is 79.0 Å². The number of hydrogen-bond donors (Lipinski definition) is 5. The number of aromatic hydroxyl groups is 1. The highest BCUT2D eigenvalue weighted by Crippen LogP contribution is 2.46. The fourth-order valence-electron chi connectivity index (χ4n) is 4.04. The Morgan fingerprint density at radius 1 is 1.23 bits per heavy atom. The minimum atomic E-state index is -4.55. The molecule has 0 spiro atoms. The zero-order chi connectivity index (χ0) is 31.3. The molecule has 6 N–H and O–H groups in total. The van der Waals surface area contributed by atoms with Gasteiger partial charge in [-0.05, 0) is 36.2 Å². The molecule has 43 heavy (non-hydrogen) atoms. The molecule has 1 saturated heterocycles. The Kier molecular flexibility index (Phi) is 9.75. The van der Waals surface area contributed by atoms with Crippen molar-refractivity contribution in [3.63, 3.8) is 0 Å². The van der Waals surface area contributed by atoms with Crippen LogP contribution in [0.2, 0.25) is 0 Å². The van der Waals surface area contributed by atoms with Gasteiger partial charge in [0.2, 0.25) is 0 Å². The number of nitro benzene ring substituents is 1. The summed E-state index contributed by atoms with van der Waals surface area (Å²) in [5.41, 5.74) is 5.95. The van der Waals surface area contributed by atoms with Crippen molar-refractivity contribution in [2.75, 3.05) is 13.7 Å². The third kappa shape index (κ3) is 7.72. The maximum Gasteiger partial charge on any atom is 0.459 e. The third-order valence-electron chi connectivity index (χ3n) is 6.25. The number of phenols is 1. The number of methoxy groups -OCH3 is 1. The topological polar surface area (TPSA) is 244 Å². The fourth-order valence-corrected chi connectivity index (χ4v) is 5.54. The van der Waals surface area contributed by atoms with Gasteiger partial charge in [-0.25, -0.2) is 14.2 Å². The Morgan fingerprint density at radius 3 is 2.49 bits per heavy atom. The van der Waals surface area contributed by atoms with E-state index in [1.54, 1.807) is 0 Å². The zero-order valence-corrected chi connectivity index (χ0v) is 23.5. The van der Waals surface area contributed by atoms with Gasteiger partial charge in [0.1, 0.15) is 42.2 Å². The van der Waals surface area contributed by atoms with Crippen LogP contribution >= 0.6 is 7.75 Å². The summed E-state index contributed by atoms with van der Waals surface area (Å²) in [7, 11) is -3.43. The summed E-state index contributed by atoms with van der Waals surface area (Å²) < 4.78 is 36.9. The summed E-state index contributed by atoms with van der Waals surface area (Å²) in [5.74, 6) is -0.872. The largest absolute Gasteiger partial charge is 0.508 e.